The standard InChI is InChI=1S/C24H28N6O5/c1-6-35-22(32)8-7-19-9-16(12-28(19)3)26-23(33)21-11-18(14-30(21)5)27-24(34)20-10-17(13-29(20)4)25-15(2)31/h7-14H,6H2,1-5H3,(H,25,31)(H,26,33)(H,27,34)/b8-7+. The number of carbonyl (C=O) groups excluding carboxylic acids is 4. The molecule has 3 rings (SSSR count). The molecule has 0 atom stereocenters. The van der Waals surface area contributed by atoms with Gasteiger partial charge in [-0.2, -0.15) is 0 Å². The summed E-state index contributed by atoms with van der Waals surface area (Å²) < 4.78 is 9.83. The van der Waals surface area contributed by atoms with Gasteiger partial charge in [0.05, 0.1) is 23.7 Å². The molecule has 0 saturated carbocycles. The average Bonchev–Trinajstić information content (AvgIpc) is 3.42. The van der Waals surface area contributed by atoms with E-state index >= 15 is 0 Å². The van der Waals surface area contributed by atoms with E-state index in [0.717, 1.165) is 0 Å². The van der Waals surface area contributed by atoms with E-state index < -0.39 is 5.97 Å². The molecule has 0 aliphatic heterocycles. The molecule has 0 aliphatic rings. The van der Waals surface area contributed by atoms with Crippen molar-refractivity contribution in [3.8, 4) is 0 Å². The SMILES string of the molecule is CCOC(=O)/C=C/c1cc(NC(=O)c2cc(NC(=O)c3cc(NC(C)=O)cn3C)cn2C)cn1C. The summed E-state index contributed by atoms with van der Waals surface area (Å²) in [6.07, 6.45) is 7.91. The van der Waals surface area contributed by atoms with Crippen molar-refractivity contribution in [2.75, 3.05) is 22.6 Å². The van der Waals surface area contributed by atoms with Gasteiger partial charge in [-0.25, -0.2) is 4.79 Å². The van der Waals surface area contributed by atoms with Crippen LogP contribution in [0.2, 0.25) is 0 Å². The molecule has 184 valence electrons. The van der Waals surface area contributed by atoms with Crippen molar-refractivity contribution in [3.05, 3.63) is 59.9 Å². The molecule has 35 heavy (non-hydrogen) atoms. The highest BCUT2D eigenvalue weighted by molar-refractivity contribution is 6.07. The number of aromatic nitrogens is 3. The summed E-state index contributed by atoms with van der Waals surface area (Å²) in [5.74, 6) is -1.43. The van der Waals surface area contributed by atoms with Crippen LogP contribution in [0.15, 0.2) is 42.9 Å². The predicted molar refractivity (Wildman–Crippen MR) is 132 cm³/mol. The topological polar surface area (TPSA) is 128 Å². The maximum absolute atomic E-state index is 12.8. The smallest absolute Gasteiger partial charge is 0.330 e. The molecule has 11 heteroatoms. The Hall–Kier alpha value is -4.54. The number of esters is 1. The van der Waals surface area contributed by atoms with E-state index in [1.54, 1.807) is 84.6 Å². The summed E-state index contributed by atoms with van der Waals surface area (Å²) in [5, 5.41) is 8.22. The third-order valence-corrected chi connectivity index (χ3v) is 5.03. The maximum atomic E-state index is 12.8. The summed E-state index contributed by atoms with van der Waals surface area (Å²) in [6, 6.07) is 4.85. The van der Waals surface area contributed by atoms with Gasteiger partial charge < -0.3 is 34.4 Å². The summed E-state index contributed by atoms with van der Waals surface area (Å²) in [7, 11) is 5.18. The first-order valence-electron chi connectivity index (χ1n) is 10.8. The predicted octanol–water partition coefficient (Wildman–Crippen LogP) is 2.74. The maximum Gasteiger partial charge on any atom is 0.330 e. The number of hydrogen-bond donors (Lipinski definition) is 3. The monoisotopic (exact) mass is 480 g/mol. The number of nitrogens with zero attached hydrogens (tertiary/aromatic N) is 3. The average molecular weight is 481 g/mol. The van der Waals surface area contributed by atoms with Crippen LogP contribution in [0, 0.1) is 0 Å². The van der Waals surface area contributed by atoms with Gasteiger partial charge in [0.1, 0.15) is 11.4 Å². The van der Waals surface area contributed by atoms with Crippen molar-refractivity contribution in [2.24, 2.45) is 21.1 Å². The lowest BCUT2D eigenvalue weighted by Gasteiger charge is -2.03. The Balaban J connectivity index is 1.69. The molecule has 11 nitrogen and oxygen atoms in total. The fourth-order valence-corrected chi connectivity index (χ4v) is 3.47. The van der Waals surface area contributed by atoms with Crippen molar-refractivity contribution in [1.82, 2.24) is 13.7 Å². The minimum Gasteiger partial charge on any atom is -0.463 e. The molecule has 0 aromatic carbocycles. The molecule has 0 fully saturated rings. The quantitative estimate of drug-likeness (QED) is 0.337. The largest absolute Gasteiger partial charge is 0.463 e. The molecule has 0 spiro atoms. The number of ether oxygens (including phenoxy) is 1. The van der Waals surface area contributed by atoms with E-state index in [1.807, 2.05) is 0 Å². The fourth-order valence-electron chi connectivity index (χ4n) is 3.47. The fraction of sp³-hybridized carbons (Fsp3) is 0.250. The van der Waals surface area contributed by atoms with Crippen molar-refractivity contribution >= 4 is 46.8 Å². The van der Waals surface area contributed by atoms with Crippen LogP contribution >= 0.6 is 0 Å². The highest BCUT2D eigenvalue weighted by Gasteiger charge is 2.17. The van der Waals surface area contributed by atoms with E-state index in [2.05, 4.69) is 16.0 Å². The van der Waals surface area contributed by atoms with Crippen LogP contribution in [0.25, 0.3) is 6.08 Å². The van der Waals surface area contributed by atoms with Crippen LogP contribution in [-0.2, 0) is 35.5 Å². The second-order valence-corrected chi connectivity index (χ2v) is 7.89. The number of aryl methyl sites for hydroxylation is 3. The molecule has 0 radical (unpaired) electrons. The van der Waals surface area contributed by atoms with Crippen LogP contribution in [0.4, 0.5) is 17.1 Å². The number of amides is 3. The van der Waals surface area contributed by atoms with E-state index in [-0.39, 0.29) is 17.7 Å². The molecular weight excluding hydrogens is 452 g/mol. The van der Waals surface area contributed by atoms with Crippen LogP contribution in [-0.4, -0.2) is 44.0 Å². The second-order valence-electron chi connectivity index (χ2n) is 7.89. The van der Waals surface area contributed by atoms with Gasteiger partial charge in [0.25, 0.3) is 11.8 Å². The summed E-state index contributed by atoms with van der Waals surface area (Å²) >= 11 is 0. The zero-order chi connectivity index (χ0) is 25.7. The lowest BCUT2D eigenvalue weighted by molar-refractivity contribution is -0.137. The van der Waals surface area contributed by atoms with Crippen LogP contribution in [0.5, 0.6) is 0 Å². The van der Waals surface area contributed by atoms with Gasteiger partial charge in [0.2, 0.25) is 5.91 Å². The molecule has 0 bridgehead atoms. The Bertz CT molecular complexity index is 1310. The Morgan fingerprint density at radius 3 is 1.80 bits per heavy atom. The molecule has 3 amide bonds. The number of rotatable bonds is 8. The minimum atomic E-state index is -0.445. The highest BCUT2D eigenvalue weighted by atomic mass is 16.5. The van der Waals surface area contributed by atoms with Gasteiger partial charge >= 0.3 is 5.97 Å². The van der Waals surface area contributed by atoms with E-state index in [9.17, 15) is 19.2 Å². The van der Waals surface area contributed by atoms with Gasteiger partial charge in [0, 0.05) is 58.4 Å². The second kappa shape index (κ2) is 10.6. The summed E-state index contributed by atoms with van der Waals surface area (Å²) in [6.45, 7) is 3.41. The number of anilines is 3. The Labute approximate surface area is 202 Å². The Morgan fingerprint density at radius 2 is 1.29 bits per heavy atom. The third kappa shape index (κ3) is 6.28. The van der Waals surface area contributed by atoms with Crippen LogP contribution < -0.4 is 16.0 Å². The lowest BCUT2D eigenvalue weighted by atomic mass is 10.3. The zero-order valence-electron chi connectivity index (χ0n) is 20.2. The van der Waals surface area contributed by atoms with Gasteiger partial charge in [0.15, 0.2) is 0 Å². The first kappa shape index (κ1) is 25.1. The van der Waals surface area contributed by atoms with E-state index in [4.69, 9.17) is 4.74 Å². The van der Waals surface area contributed by atoms with E-state index in [0.29, 0.717) is 40.8 Å². The molecule has 3 aromatic rings. The van der Waals surface area contributed by atoms with Gasteiger partial charge in [-0.3, -0.25) is 14.4 Å². The lowest BCUT2D eigenvalue weighted by Crippen LogP contribution is -2.15. The normalized spacial score (nSPS) is 10.9. The van der Waals surface area contributed by atoms with Gasteiger partial charge in [-0.1, -0.05) is 0 Å². The van der Waals surface area contributed by atoms with Crippen molar-refractivity contribution in [3.63, 3.8) is 0 Å². The Morgan fingerprint density at radius 1 is 0.800 bits per heavy atom. The van der Waals surface area contributed by atoms with E-state index in [1.165, 1.54) is 13.0 Å². The summed E-state index contributed by atoms with van der Waals surface area (Å²) in [5.41, 5.74) is 2.88. The van der Waals surface area contributed by atoms with Gasteiger partial charge in [-0.05, 0) is 31.2 Å². The Kier molecular flexibility index (Phi) is 7.59. The molecule has 3 N–H and O–H groups in total. The number of carbonyl (C=O) groups is 4. The van der Waals surface area contributed by atoms with Crippen molar-refractivity contribution in [2.45, 2.75) is 13.8 Å². The molecule has 0 unspecified atom stereocenters. The first-order chi connectivity index (χ1) is 16.6. The van der Waals surface area contributed by atoms with Crippen molar-refractivity contribution in [1.29, 1.82) is 0 Å². The number of nitrogens with one attached hydrogen (secondary N) is 3. The van der Waals surface area contributed by atoms with Crippen LogP contribution in [0.3, 0.4) is 0 Å². The number of hydrogen-bond acceptors (Lipinski definition) is 5. The van der Waals surface area contributed by atoms with Gasteiger partial charge in [-0.15, -0.1) is 0 Å². The molecule has 3 heterocycles. The highest BCUT2D eigenvalue weighted by Crippen LogP contribution is 2.20. The van der Waals surface area contributed by atoms with Crippen molar-refractivity contribution < 1.29 is 23.9 Å². The molecule has 3 aromatic heterocycles. The summed E-state index contributed by atoms with van der Waals surface area (Å²) in [4.78, 5) is 48.3. The molecular formula is C24H28N6O5. The molecule has 0 saturated heterocycles. The van der Waals surface area contributed by atoms with Crippen LogP contribution in [0.1, 0.15) is 40.5 Å². The first-order valence-corrected chi connectivity index (χ1v) is 10.8. The molecule has 0 aliphatic carbocycles. The minimum absolute atomic E-state index is 0.234. The zero-order valence-corrected chi connectivity index (χ0v) is 20.2. The third-order valence-electron chi connectivity index (χ3n) is 5.03.